The zero-order valence-corrected chi connectivity index (χ0v) is 19.0. The van der Waals surface area contributed by atoms with Gasteiger partial charge in [-0.05, 0) is 60.9 Å². The van der Waals surface area contributed by atoms with E-state index in [2.05, 4.69) is 0 Å². The van der Waals surface area contributed by atoms with Gasteiger partial charge in [-0.3, -0.25) is 4.79 Å². The highest BCUT2D eigenvalue weighted by Gasteiger charge is 2.43. The Balaban J connectivity index is 1.95. The molecule has 0 bridgehead atoms. The number of benzene rings is 2. The van der Waals surface area contributed by atoms with Gasteiger partial charge in [-0.15, -0.1) is 0 Å². The van der Waals surface area contributed by atoms with Gasteiger partial charge < -0.3 is 28.4 Å². The number of ether oxygens (including phenoxy) is 6. The van der Waals surface area contributed by atoms with E-state index in [1.165, 1.54) is 0 Å². The normalized spacial score (nSPS) is 18.1. The maximum Gasteiger partial charge on any atom is 0.334 e. The number of methoxy groups -OCH3 is 2. The van der Waals surface area contributed by atoms with Crippen LogP contribution >= 0.6 is 0 Å². The van der Waals surface area contributed by atoms with Gasteiger partial charge in [0.1, 0.15) is 0 Å². The van der Waals surface area contributed by atoms with Crippen LogP contribution in [0.5, 0.6) is 23.0 Å². The molecule has 2 aliphatic rings. The van der Waals surface area contributed by atoms with Crippen LogP contribution < -0.4 is 18.9 Å². The lowest BCUT2D eigenvalue weighted by Gasteiger charge is -2.32. The lowest BCUT2D eigenvalue weighted by Crippen LogP contribution is -2.33. The van der Waals surface area contributed by atoms with Crippen molar-refractivity contribution in [3.8, 4) is 23.0 Å². The SMILES string of the molecule is CCOC(=O)C1=Cc2cc3c(cc2[C@@H](c2ccc(OC)c(OC)c2)[C@@H]1C(=O)OCC)OCO3. The smallest absolute Gasteiger partial charge is 0.334 e. The van der Waals surface area contributed by atoms with Crippen LogP contribution in [0.1, 0.15) is 36.5 Å². The summed E-state index contributed by atoms with van der Waals surface area (Å²) in [6, 6.07) is 9.08. The molecule has 33 heavy (non-hydrogen) atoms. The van der Waals surface area contributed by atoms with Crippen molar-refractivity contribution in [2.24, 2.45) is 5.92 Å². The lowest BCUT2D eigenvalue weighted by molar-refractivity contribution is -0.150. The van der Waals surface area contributed by atoms with Crippen molar-refractivity contribution in [2.75, 3.05) is 34.2 Å². The molecule has 0 N–H and O–H groups in total. The van der Waals surface area contributed by atoms with E-state index in [0.29, 0.717) is 23.0 Å². The average Bonchev–Trinajstić information content (AvgIpc) is 3.28. The number of carbonyl (C=O) groups is 2. The van der Waals surface area contributed by atoms with Gasteiger partial charge in [-0.25, -0.2) is 4.79 Å². The summed E-state index contributed by atoms with van der Waals surface area (Å²) in [6.07, 6.45) is 1.67. The first kappa shape index (κ1) is 22.5. The Labute approximate surface area is 192 Å². The van der Waals surface area contributed by atoms with Gasteiger partial charge in [0.05, 0.1) is 38.9 Å². The number of hydrogen-bond acceptors (Lipinski definition) is 8. The summed E-state index contributed by atoms with van der Waals surface area (Å²) in [5.41, 5.74) is 2.52. The fourth-order valence-corrected chi connectivity index (χ4v) is 4.30. The van der Waals surface area contributed by atoms with Crippen molar-refractivity contribution in [1.82, 2.24) is 0 Å². The van der Waals surface area contributed by atoms with E-state index in [1.54, 1.807) is 46.3 Å². The Hall–Kier alpha value is -3.68. The number of carbonyl (C=O) groups excluding carboxylic acids is 2. The van der Waals surface area contributed by atoms with Crippen LogP contribution in [-0.2, 0) is 19.1 Å². The summed E-state index contributed by atoms with van der Waals surface area (Å²) in [6.45, 7) is 3.91. The topological polar surface area (TPSA) is 89.5 Å². The summed E-state index contributed by atoms with van der Waals surface area (Å²) >= 11 is 0. The van der Waals surface area contributed by atoms with E-state index < -0.39 is 23.8 Å². The van der Waals surface area contributed by atoms with E-state index in [4.69, 9.17) is 28.4 Å². The maximum absolute atomic E-state index is 13.2. The molecule has 174 valence electrons. The van der Waals surface area contributed by atoms with E-state index in [0.717, 1.165) is 16.7 Å². The minimum atomic E-state index is -0.921. The number of esters is 2. The molecule has 0 saturated carbocycles. The predicted octanol–water partition coefficient (Wildman–Crippen LogP) is 3.70. The fourth-order valence-electron chi connectivity index (χ4n) is 4.30. The molecule has 0 unspecified atom stereocenters. The fraction of sp³-hybridized carbons (Fsp3) is 0.360. The summed E-state index contributed by atoms with van der Waals surface area (Å²) in [5, 5.41) is 0. The van der Waals surface area contributed by atoms with Gasteiger partial charge >= 0.3 is 11.9 Å². The highest BCUT2D eigenvalue weighted by Crippen LogP contribution is 2.49. The third-order valence-electron chi connectivity index (χ3n) is 5.71. The molecular formula is C25H26O8. The second-order valence-electron chi connectivity index (χ2n) is 7.48. The predicted molar refractivity (Wildman–Crippen MR) is 119 cm³/mol. The van der Waals surface area contributed by atoms with Gasteiger partial charge in [-0.1, -0.05) is 6.07 Å². The van der Waals surface area contributed by atoms with Gasteiger partial charge in [0.15, 0.2) is 23.0 Å². The molecule has 1 aliphatic carbocycles. The lowest BCUT2D eigenvalue weighted by atomic mass is 9.71. The molecule has 0 fully saturated rings. The van der Waals surface area contributed by atoms with E-state index >= 15 is 0 Å². The van der Waals surface area contributed by atoms with E-state index in [-0.39, 0.29) is 25.6 Å². The van der Waals surface area contributed by atoms with Crippen LogP contribution in [-0.4, -0.2) is 46.2 Å². The molecule has 1 heterocycles. The van der Waals surface area contributed by atoms with Crippen LogP contribution in [0.4, 0.5) is 0 Å². The van der Waals surface area contributed by atoms with Crippen molar-refractivity contribution < 1.29 is 38.0 Å². The molecular weight excluding hydrogens is 428 g/mol. The largest absolute Gasteiger partial charge is 0.493 e. The molecule has 8 heteroatoms. The summed E-state index contributed by atoms with van der Waals surface area (Å²) in [7, 11) is 3.10. The monoisotopic (exact) mass is 454 g/mol. The highest BCUT2D eigenvalue weighted by molar-refractivity contribution is 6.02. The minimum Gasteiger partial charge on any atom is -0.493 e. The molecule has 0 aromatic heterocycles. The van der Waals surface area contributed by atoms with Crippen molar-refractivity contribution >= 4 is 18.0 Å². The standard InChI is InChI=1S/C25H26O8/c1-5-30-24(26)17-9-15-11-20-21(33-13-32-20)12-16(15)22(23(17)25(27)31-6-2)14-7-8-18(28-3)19(10-14)29-4/h7-12,22-23H,5-6,13H2,1-4H3/t22-,23-/m1/s1. The Kier molecular flexibility index (Phi) is 6.44. The molecule has 0 saturated heterocycles. The molecule has 4 rings (SSSR count). The zero-order valence-electron chi connectivity index (χ0n) is 19.0. The highest BCUT2D eigenvalue weighted by atomic mass is 16.7. The van der Waals surface area contributed by atoms with Crippen LogP contribution in [0.2, 0.25) is 0 Å². The van der Waals surface area contributed by atoms with Crippen LogP contribution in [0.25, 0.3) is 6.08 Å². The van der Waals surface area contributed by atoms with Gasteiger partial charge in [0.2, 0.25) is 6.79 Å². The number of rotatable bonds is 7. The molecule has 2 atom stereocenters. The first-order chi connectivity index (χ1) is 16.0. The van der Waals surface area contributed by atoms with Crippen molar-refractivity contribution in [3.05, 3.63) is 52.6 Å². The van der Waals surface area contributed by atoms with Gasteiger partial charge in [0.25, 0.3) is 0 Å². The average molecular weight is 454 g/mol. The summed E-state index contributed by atoms with van der Waals surface area (Å²) in [4.78, 5) is 26.2. The third kappa shape index (κ3) is 4.08. The van der Waals surface area contributed by atoms with Crippen molar-refractivity contribution in [1.29, 1.82) is 0 Å². The molecule has 2 aromatic rings. The first-order valence-corrected chi connectivity index (χ1v) is 10.7. The Morgan fingerprint density at radius 3 is 2.30 bits per heavy atom. The summed E-state index contributed by atoms with van der Waals surface area (Å²) < 4.78 is 32.7. The first-order valence-electron chi connectivity index (χ1n) is 10.7. The van der Waals surface area contributed by atoms with Crippen LogP contribution in [0.3, 0.4) is 0 Å². The number of hydrogen-bond donors (Lipinski definition) is 0. The Morgan fingerprint density at radius 1 is 0.939 bits per heavy atom. The molecule has 0 radical (unpaired) electrons. The van der Waals surface area contributed by atoms with Crippen molar-refractivity contribution in [3.63, 3.8) is 0 Å². The minimum absolute atomic E-state index is 0.106. The molecule has 2 aromatic carbocycles. The third-order valence-corrected chi connectivity index (χ3v) is 5.71. The quantitative estimate of drug-likeness (QED) is 0.585. The van der Waals surface area contributed by atoms with Gasteiger partial charge in [0, 0.05) is 5.92 Å². The molecule has 1 aliphatic heterocycles. The number of fused-ring (bicyclic) bond motifs is 2. The van der Waals surface area contributed by atoms with E-state index in [9.17, 15) is 9.59 Å². The summed E-state index contributed by atoms with van der Waals surface area (Å²) in [5.74, 6) is -0.343. The molecule has 0 spiro atoms. The van der Waals surface area contributed by atoms with Crippen LogP contribution in [0, 0.1) is 5.92 Å². The van der Waals surface area contributed by atoms with Crippen molar-refractivity contribution in [2.45, 2.75) is 19.8 Å². The second kappa shape index (κ2) is 9.44. The molecule has 0 amide bonds. The van der Waals surface area contributed by atoms with Gasteiger partial charge in [-0.2, -0.15) is 0 Å². The Morgan fingerprint density at radius 2 is 1.64 bits per heavy atom. The van der Waals surface area contributed by atoms with Crippen LogP contribution in [0.15, 0.2) is 35.9 Å². The second-order valence-corrected chi connectivity index (χ2v) is 7.48. The molecule has 8 nitrogen and oxygen atoms in total. The zero-order chi connectivity index (χ0) is 23.5. The Bertz CT molecular complexity index is 1100. The maximum atomic E-state index is 13.2. The van der Waals surface area contributed by atoms with E-state index in [1.807, 2.05) is 18.2 Å².